The Labute approximate surface area is 208 Å². The minimum atomic E-state index is -1.03. The molecule has 0 saturated heterocycles. The Bertz CT molecular complexity index is 1250. The van der Waals surface area contributed by atoms with E-state index < -0.39 is 41.2 Å². The van der Waals surface area contributed by atoms with Gasteiger partial charge in [-0.2, -0.15) is 0 Å². The summed E-state index contributed by atoms with van der Waals surface area (Å²) in [7, 11) is 0. The number of anilines is 1. The van der Waals surface area contributed by atoms with Gasteiger partial charge < -0.3 is 10.1 Å². The second kappa shape index (κ2) is 11.1. The van der Waals surface area contributed by atoms with Crippen LogP contribution in [-0.4, -0.2) is 29.9 Å². The van der Waals surface area contributed by atoms with Gasteiger partial charge in [0.05, 0.1) is 0 Å². The average Bonchev–Trinajstić information content (AvgIpc) is 2.80. The zero-order valence-electron chi connectivity index (χ0n) is 20.6. The number of benzene rings is 3. The molecule has 3 aromatic rings. The molecule has 0 spiro atoms. The van der Waals surface area contributed by atoms with Gasteiger partial charge >= 0.3 is 5.97 Å². The molecule has 36 heavy (non-hydrogen) atoms. The topological polar surface area (TPSA) is 75.7 Å². The number of rotatable bonds is 7. The summed E-state index contributed by atoms with van der Waals surface area (Å²) < 4.78 is 34.3. The molecule has 0 aromatic heterocycles. The zero-order valence-corrected chi connectivity index (χ0v) is 20.6. The summed E-state index contributed by atoms with van der Waals surface area (Å²) in [6.07, 6.45) is 0. The molecule has 3 aromatic carbocycles. The summed E-state index contributed by atoms with van der Waals surface area (Å²) in [5, 5.41) is 2.73. The van der Waals surface area contributed by atoms with E-state index in [9.17, 15) is 23.2 Å². The van der Waals surface area contributed by atoms with E-state index in [0.717, 1.165) is 39.8 Å². The summed E-state index contributed by atoms with van der Waals surface area (Å²) in [5.74, 6) is -3.91. The molecule has 0 atom stereocenters. The number of amides is 2. The third-order valence-electron chi connectivity index (χ3n) is 5.12. The molecule has 6 nitrogen and oxygen atoms in total. The third-order valence-corrected chi connectivity index (χ3v) is 5.12. The van der Waals surface area contributed by atoms with Crippen LogP contribution in [0.1, 0.15) is 43.6 Å². The lowest BCUT2D eigenvalue weighted by Gasteiger charge is -2.26. The minimum Gasteiger partial charge on any atom is -0.459 e. The number of halogens is 2. The Morgan fingerprint density at radius 1 is 0.889 bits per heavy atom. The van der Waals surface area contributed by atoms with Crippen molar-refractivity contribution < 1.29 is 27.9 Å². The molecule has 0 unspecified atom stereocenters. The maximum atomic E-state index is 14.5. The molecule has 0 saturated carbocycles. The number of ether oxygens (including phenoxy) is 1. The first-order valence-electron chi connectivity index (χ1n) is 11.4. The monoisotopic (exact) mass is 494 g/mol. The van der Waals surface area contributed by atoms with E-state index in [-0.39, 0.29) is 11.6 Å². The molecule has 0 fully saturated rings. The second-order valence-corrected chi connectivity index (χ2v) is 9.23. The van der Waals surface area contributed by atoms with Gasteiger partial charge in [-0.25, -0.2) is 8.78 Å². The fraction of sp³-hybridized carbons (Fsp3) is 0.250. The lowest BCUT2D eigenvalue weighted by atomic mass is 10.0. The van der Waals surface area contributed by atoms with E-state index in [1.54, 1.807) is 39.0 Å². The summed E-state index contributed by atoms with van der Waals surface area (Å²) in [4.78, 5) is 38.1. The first-order valence-corrected chi connectivity index (χ1v) is 11.4. The Balaban J connectivity index is 1.97. The van der Waals surface area contributed by atoms with Crippen molar-refractivity contribution in [3.05, 3.63) is 89.5 Å². The Hall–Kier alpha value is -4.07. The fourth-order valence-electron chi connectivity index (χ4n) is 3.52. The van der Waals surface area contributed by atoms with Crippen molar-refractivity contribution in [2.24, 2.45) is 0 Å². The van der Waals surface area contributed by atoms with Crippen LogP contribution in [0.5, 0.6) is 0 Å². The first kappa shape index (κ1) is 26.5. The first-order chi connectivity index (χ1) is 16.9. The number of hydrogen-bond donors (Lipinski definition) is 1. The Kier molecular flexibility index (Phi) is 8.19. The van der Waals surface area contributed by atoms with Crippen LogP contribution >= 0.6 is 0 Å². The molecule has 188 valence electrons. The van der Waals surface area contributed by atoms with Crippen molar-refractivity contribution >= 4 is 23.5 Å². The highest BCUT2D eigenvalue weighted by Crippen LogP contribution is 2.27. The molecule has 8 heteroatoms. The highest BCUT2D eigenvalue weighted by atomic mass is 19.1. The van der Waals surface area contributed by atoms with Gasteiger partial charge in [-0.05, 0) is 61.7 Å². The Morgan fingerprint density at radius 3 is 2.08 bits per heavy atom. The van der Waals surface area contributed by atoms with Gasteiger partial charge in [0, 0.05) is 19.2 Å². The quantitative estimate of drug-likeness (QED) is 0.455. The van der Waals surface area contributed by atoms with Crippen LogP contribution in [0.4, 0.5) is 14.5 Å². The molecule has 1 N–H and O–H groups in total. The molecule has 3 rings (SSSR count). The average molecular weight is 495 g/mol. The summed E-state index contributed by atoms with van der Waals surface area (Å²) >= 11 is 0. The standard InChI is InChI=1S/C28H28F2N2O4/c1-18(33)31-16-19-11-13-20(14-12-19)21-7-5-8-22(15-21)32(17-25(34)36-28(2,3)4)27(35)26-23(29)9-6-10-24(26)30/h5-15H,16-17H2,1-4H3,(H,31,33). The van der Waals surface area contributed by atoms with Crippen LogP contribution in [0, 0.1) is 11.6 Å². The van der Waals surface area contributed by atoms with E-state index in [2.05, 4.69) is 5.32 Å². The van der Waals surface area contributed by atoms with Crippen molar-refractivity contribution in [2.75, 3.05) is 11.4 Å². The van der Waals surface area contributed by atoms with Gasteiger partial charge in [-0.15, -0.1) is 0 Å². The van der Waals surface area contributed by atoms with Crippen LogP contribution in [0.2, 0.25) is 0 Å². The summed E-state index contributed by atoms with van der Waals surface area (Å²) in [6, 6.07) is 17.3. The van der Waals surface area contributed by atoms with Crippen LogP contribution in [0.15, 0.2) is 66.7 Å². The molecule has 0 aliphatic rings. The largest absolute Gasteiger partial charge is 0.459 e. The van der Waals surface area contributed by atoms with Gasteiger partial charge in [0.2, 0.25) is 5.91 Å². The van der Waals surface area contributed by atoms with Crippen LogP contribution in [0.3, 0.4) is 0 Å². The van der Waals surface area contributed by atoms with Crippen molar-refractivity contribution in [2.45, 2.75) is 39.8 Å². The molecule has 0 radical (unpaired) electrons. The molecule has 0 bridgehead atoms. The van der Waals surface area contributed by atoms with Crippen LogP contribution < -0.4 is 10.2 Å². The van der Waals surface area contributed by atoms with E-state index in [0.29, 0.717) is 6.54 Å². The number of carbonyl (C=O) groups is 3. The van der Waals surface area contributed by atoms with Gasteiger partial charge in [-0.1, -0.05) is 42.5 Å². The van der Waals surface area contributed by atoms with Crippen LogP contribution in [-0.2, 0) is 20.9 Å². The highest BCUT2D eigenvalue weighted by Gasteiger charge is 2.28. The third kappa shape index (κ3) is 6.97. The SMILES string of the molecule is CC(=O)NCc1ccc(-c2cccc(N(CC(=O)OC(C)(C)C)C(=O)c3c(F)cccc3F)c2)cc1. The lowest BCUT2D eigenvalue weighted by molar-refractivity contribution is -0.152. The number of hydrogen-bond acceptors (Lipinski definition) is 4. The predicted octanol–water partition coefficient (Wildman–Crippen LogP) is 5.26. The van der Waals surface area contributed by atoms with Crippen LogP contribution in [0.25, 0.3) is 11.1 Å². The number of carbonyl (C=O) groups excluding carboxylic acids is 3. The van der Waals surface area contributed by atoms with Crippen molar-refractivity contribution in [3.8, 4) is 11.1 Å². The minimum absolute atomic E-state index is 0.132. The zero-order chi connectivity index (χ0) is 26.5. The van der Waals surface area contributed by atoms with Gasteiger partial charge in [0.1, 0.15) is 29.3 Å². The molecule has 0 aliphatic heterocycles. The molecule has 2 amide bonds. The molecule has 0 heterocycles. The van der Waals surface area contributed by atoms with E-state index in [1.807, 2.05) is 30.3 Å². The normalized spacial score (nSPS) is 11.1. The predicted molar refractivity (Wildman–Crippen MR) is 133 cm³/mol. The molecular formula is C28H28F2N2O4. The summed E-state index contributed by atoms with van der Waals surface area (Å²) in [6.45, 7) is 6.35. The maximum Gasteiger partial charge on any atom is 0.326 e. The lowest BCUT2D eigenvalue weighted by Crippen LogP contribution is -2.39. The number of esters is 1. The number of nitrogens with zero attached hydrogens (tertiary/aromatic N) is 1. The van der Waals surface area contributed by atoms with Gasteiger partial charge in [0.15, 0.2) is 0 Å². The fourth-order valence-corrected chi connectivity index (χ4v) is 3.52. The van der Waals surface area contributed by atoms with E-state index in [4.69, 9.17) is 4.74 Å². The number of nitrogens with one attached hydrogen (secondary N) is 1. The maximum absolute atomic E-state index is 14.5. The van der Waals surface area contributed by atoms with Gasteiger partial charge in [0.25, 0.3) is 5.91 Å². The second-order valence-electron chi connectivity index (χ2n) is 9.23. The molecular weight excluding hydrogens is 466 g/mol. The van der Waals surface area contributed by atoms with Crippen molar-refractivity contribution in [1.29, 1.82) is 0 Å². The van der Waals surface area contributed by atoms with Crippen molar-refractivity contribution in [3.63, 3.8) is 0 Å². The highest BCUT2D eigenvalue weighted by molar-refractivity contribution is 6.09. The van der Waals surface area contributed by atoms with Gasteiger partial charge in [-0.3, -0.25) is 19.3 Å². The van der Waals surface area contributed by atoms with E-state index >= 15 is 0 Å². The van der Waals surface area contributed by atoms with Crippen molar-refractivity contribution in [1.82, 2.24) is 5.32 Å². The smallest absolute Gasteiger partial charge is 0.326 e. The Morgan fingerprint density at radius 2 is 1.50 bits per heavy atom. The van der Waals surface area contributed by atoms with E-state index in [1.165, 1.54) is 6.92 Å². The molecule has 0 aliphatic carbocycles. The summed E-state index contributed by atoms with van der Waals surface area (Å²) in [5.41, 5.74) is 1.14.